The number of aliphatic hydroxyl groups is 1. The fourth-order valence-electron chi connectivity index (χ4n) is 4.02. The number of likely N-dealkylation sites (tertiary alicyclic amines) is 1. The molecule has 1 saturated carbocycles. The summed E-state index contributed by atoms with van der Waals surface area (Å²) in [4.78, 5) is 27.6. The molecule has 142 valence electrons. The van der Waals surface area contributed by atoms with Crippen LogP contribution in [-0.4, -0.2) is 50.1 Å². The van der Waals surface area contributed by atoms with E-state index in [1.54, 1.807) is 23.5 Å². The van der Waals surface area contributed by atoms with Crippen LogP contribution in [0.4, 0.5) is 0 Å². The number of benzene rings is 1. The first-order valence-electron chi connectivity index (χ1n) is 9.81. The number of pyridine rings is 1. The lowest BCUT2D eigenvalue weighted by Crippen LogP contribution is -2.29. The van der Waals surface area contributed by atoms with Crippen LogP contribution >= 0.6 is 0 Å². The van der Waals surface area contributed by atoms with Gasteiger partial charge in [0.25, 0.3) is 5.91 Å². The summed E-state index contributed by atoms with van der Waals surface area (Å²) in [5.74, 6) is 1.20. The molecule has 2 atom stereocenters. The number of amides is 1. The molecule has 1 aromatic carbocycles. The van der Waals surface area contributed by atoms with Gasteiger partial charge in [0, 0.05) is 48.9 Å². The highest BCUT2D eigenvalue weighted by atomic mass is 16.3. The summed E-state index contributed by atoms with van der Waals surface area (Å²) in [5.41, 5.74) is 2.60. The molecule has 0 radical (unpaired) electrons. The van der Waals surface area contributed by atoms with Crippen molar-refractivity contribution in [2.24, 2.45) is 5.92 Å². The highest BCUT2D eigenvalue weighted by Gasteiger charge is 2.35. The number of β-amino-alcohol motifs (C(OH)–C–C–N with tert-alkyl or cyclic N) is 1. The average Bonchev–Trinajstić information content (AvgIpc) is 3.52. The van der Waals surface area contributed by atoms with Gasteiger partial charge in [-0.05, 0) is 37.0 Å². The van der Waals surface area contributed by atoms with Gasteiger partial charge in [-0.1, -0.05) is 18.2 Å². The minimum absolute atomic E-state index is 0.00131. The third kappa shape index (κ3) is 3.24. The van der Waals surface area contributed by atoms with E-state index < -0.39 is 6.10 Å². The predicted molar refractivity (Wildman–Crippen MR) is 105 cm³/mol. The number of aliphatic hydroxyl groups excluding tert-OH is 1. The minimum atomic E-state index is -0.539. The van der Waals surface area contributed by atoms with E-state index in [4.69, 9.17) is 0 Å². The Morgan fingerprint density at radius 3 is 2.64 bits per heavy atom. The molecule has 2 fully saturated rings. The van der Waals surface area contributed by atoms with E-state index in [1.807, 2.05) is 24.3 Å². The van der Waals surface area contributed by atoms with Gasteiger partial charge < -0.3 is 10.0 Å². The molecule has 6 nitrogen and oxygen atoms in total. The number of aromatic nitrogens is 3. The highest BCUT2D eigenvalue weighted by Crippen LogP contribution is 2.37. The number of fused-ring (bicyclic) bond motifs is 1. The highest BCUT2D eigenvalue weighted by molar-refractivity contribution is 5.93. The Morgan fingerprint density at radius 2 is 1.86 bits per heavy atom. The van der Waals surface area contributed by atoms with E-state index in [9.17, 15) is 9.90 Å². The van der Waals surface area contributed by atoms with Crippen molar-refractivity contribution in [2.75, 3.05) is 13.1 Å². The van der Waals surface area contributed by atoms with Gasteiger partial charge >= 0.3 is 0 Å². The van der Waals surface area contributed by atoms with Crippen LogP contribution in [0.15, 0.2) is 48.9 Å². The van der Waals surface area contributed by atoms with Crippen molar-refractivity contribution >= 4 is 16.8 Å². The van der Waals surface area contributed by atoms with Gasteiger partial charge in [0.05, 0.1) is 17.2 Å². The van der Waals surface area contributed by atoms with E-state index in [-0.39, 0.29) is 11.8 Å². The maximum atomic E-state index is 12.8. The number of para-hydroxylation sites is 1. The fraction of sp³-hybridized carbons (Fsp3) is 0.364. The first-order valence-corrected chi connectivity index (χ1v) is 9.81. The smallest absolute Gasteiger partial charge is 0.257 e. The molecule has 1 saturated heterocycles. The molecule has 28 heavy (non-hydrogen) atoms. The van der Waals surface area contributed by atoms with Crippen LogP contribution in [0.2, 0.25) is 0 Å². The average molecular weight is 374 g/mol. The van der Waals surface area contributed by atoms with Crippen molar-refractivity contribution in [3.8, 4) is 0 Å². The van der Waals surface area contributed by atoms with Crippen LogP contribution < -0.4 is 0 Å². The molecule has 1 amide bonds. The molecule has 2 aromatic heterocycles. The number of carbonyl (C=O) groups is 1. The summed E-state index contributed by atoms with van der Waals surface area (Å²) >= 11 is 0. The van der Waals surface area contributed by atoms with Crippen LogP contribution in [0.1, 0.15) is 40.5 Å². The molecule has 6 heteroatoms. The molecule has 1 aliphatic heterocycles. The second-order valence-corrected chi connectivity index (χ2v) is 7.83. The summed E-state index contributed by atoms with van der Waals surface area (Å²) in [5, 5.41) is 11.7. The Bertz CT molecular complexity index is 1010. The van der Waals surface area contributed by atoms with Crippen LogP contribution in [-0.2, 0) is 6.42 Å². The molecule has 0 spiro atoms. The number of rotatable bonds is 4. The van der Waals surface area contributed by atoms with Crippen LogP contribution in [0.5, 0.6) is 0 Å². The van der Waals surface area contributed by atoms with Crippen molar-refractivity contribution in [3.05, 3.63) is 65.9 Å². The van der Waals surface area contributed by atoms with Gasteiger partial charge in [-0.25, -0.2) is 9.97 Å². The van der Waals surface area contributed by atoms with Gasteiger partial charge in [0.15, 0.2) is 0 Å². The van der Waals surface area contributed by atoms with Crippen molar-refractivity contribution in [1.29, 1.82) is 0 Å². The summed E-state index contributed by atoms with van der Waals surface area (Å²) in [6, 6.07) is 10.0. The lowest BCUT2D eigenvalue weighted by atomic mass is 9.94. The number of carbonyl (C=O) groups excluding carboxylic acids is 1. The SMILES string of the molecule is O=C(c1cnc(C2CC2)nc1)N1C[C@@H](Cc2ccnc3ccccc23)[C@@H](O)C1. The van der Waals surface area contributed by atoms with Crippen molar-refractivity contribution in [3.63, 3.8) is 0 Å². The molecular weight excluding hydrogens is 352 g/mol. The summed E-state index contributed by atoms with van der Waals surface area (Å²) in [7, 11) is 0. The topological polar surface area (TPSA) is 79.2 Å². The van der Waals surface area contributed by atoms with E-state index in [2.05, 4.69) is 21.0 Å². The third-order valence-corrected chi connectivity index (χ3v) is 5.78. The summed E-state index contributed by atoms with van der Waals surface area (Å²) in [6.07, 6.45) is 7.50. The maximum absolute atomic E-state index is 12.8. The largest absolute Gasteiger partial charge is 0.391 e. The molecule has 3 heterocycles. The van der Waals surface area contributed by atoms with Gasteiger partial charge in [-0.3, -0.25) is 9.78 Å². The first kappa shape index (κ1) is 17.3. The third-order valence-electron chi connectivity index (χ3n) is 5.78. The van der Waals surface area contributed by atoms with E-state index in [1.165, 1.54) is 0 Å². The molecule has 0 bridgehead atoms. The first-order chi connectivity index (χ1) is 13.7. The number of hydrogen-bond acceptors (Lipinski definition) is 5. The minimum Gasteiger partial charge on any atom is -0.391 e. The zero-order valence-electron chi connectivity index (χ0n) is 15.5. The molecule has 0 unspecified atom stereocenters. The lowest BCUT2D eigenvalue weighted by molar-refractivity contribution is 0.0763. The number of nitrogens with zero attached hydrogens (tertiary/aromatic N) is 4. The Balaban J connectivity index is 1.31. The van der Waals surface area contributed by atoms with Gasteiger partial charge in [0.2, 0.25) is 0 Å². The van der Waals surface area contributed by atoms with Gasteiger partial charge in [-0.15, -0.1) is 0 Å². The quantitative estimate of drug-likeness (QED) is 0.759. The van der Waals surface area contributed by atoms with Crippen molar-refractivity contribution < 1.29 is 9.90 Å². The molecule has 1 N–H and O–H groups in total. The van der Waals surface area contributed by atoms with Crippen molar-refractivity contribution in [2.45, 2.75) is 31.3 Å². The summed E-state index contributed by atoms with van der Waals surface area (Å²) in [6.45, 7) is 0.873. The number of hydrogen-bond donors (Lipinski definition) is 1. The van der Waals surface area contributed by atoms with Crippen LogP contribution in [0.25, 0.3) is 10.9 Å². The monoisotopic (exact) mass is 374 g/mol. The van der Waals surface area contributed by atoms with Crippen LogP contribution in [0.3, 0.4) is 0 Å². The van der Waals surface area contributed by atoms with Gasteiger partial charge in [0.1, 0.15) is 5.82 Å². The zero-order valence-corrected chi connectivity index (χ0v) is 15.5. The van der Waals surface area contributed by atoms with Gasteiger partial charge in [-0.2, -0.15) is 0 Å². The Labute approximate surface area is 163 Å². The Morgan fingerprint density at radius 1 is 1.07 bits per heavy atom. The zero-order chi connectivity index (χ0) is 19.1. The fourth-order valence-corrected chi connectivity index (χ4v) is 4.02. The van der Waals surface area contributed by atoms with E-state index in [0.29, 0.717) is 31.0 Å². The van der Waals surface area contributed by atoms with E-state index in [0.717, 1.165) is 35.1 Å². The standard InChI is InChI=1S/C22H22N4O2/c27-20-13-26(22(28)17-10-24-21(25-11-17)14-5-6-14)12-16(20)9-15-7-8-23-19-4-2-1-3-18(15)19/h1-4,7-8,10-11,14,16,20,27H,5-6,9,12-13H2/t16-,20+/m1/s1. The molecular formula is C22H22N4O2. The Kier molecular flexibility index (Phi) is 4.28. The maximum Gasteiger partial charge on any atom is 0.257 e. The summed E-state index contributed by atoms with van der Waals surface area (Å²) < 4.78 is 0. The molecule has 5 rings (SSSR count). The molecule has 3 aromatic rings. The second kappa shape index (κ2) is 6.95. The van der Waals surface area contributed by atoms with Crippen molar-refractivity contribution in [1.82, 2.24) is 19.9 Å². The predicted octanol–water partition coefficient (Wildman–Crippen LogP) is 2.58. The van der Waals surface area contributed by atoms with E-state index >= 15 is 0 Å². The normalized spacial score (nSPS) is 22.0. The molecule has 1 aliphatic carbocycles. The van der Waals surface area contributed by atoms with Crippen LogP contribution in [0, 0.1) is 5.92 Å². The second-order valence-electron chi connectivity index (χ2n) is 7.83. The molecule has 2 aliphatic rings. The Hall–Kier alpha value is -2.86. The lowest BCUT2D eigenvalue weighted by Gasteiger charge is -2.16.